The summed E-state index contributed by atoms with van der Waals surface area (Å²) in [5.74, 6) is 1.62. The van der Waals surface area contributed by atoms with E-state index in [1.54, 1.807) is 12.1 Å². The fourth-order valence-electron chi connectivity index (χ4n) is 5.32. The number of aliphatic imine (C=N–C) groups is 1. The van der Waals surface area contributed by atoms with Crippen molar-refractivity contribution in [2.75, 3.05) is 18.4 Å². The number of amidine groups is 1. The van der Waals surface area contributed by atoms with Gasteiger partial charge in [0.1, 0.15) is 11.4 Å². The molecule has 0 radical (unpaired) electrons. The van der Waals surface area contributed by atoms with E-state index >= 15 is 0 Å². The molecular formula is C26H36N4O4S. The molecule has 9 heteroatoms. The summed E-state index contributed by atoms with van der Waals surface area (Å²) in [4.78, 5) is 29.0. The van der Waals surface area contributed by atoms with Crippen molar-refractivity contribution in [1.29, 1.82) is 0 Å². The molecule has 0 bridgehead atoms. The number of hydrogen-bond acceptors (Lipinski definition) is 5. The minimum Gasteiger partial charge on any atom is -0.326 e. The second kappa shape index (κ2) is 10.2. The van der Waals surface area contributed by atoms with Crippen LogP contribution >= 0.6 is 0 Å². The first-order valence-electron chi connectivity index (χ1n) is 12.6. The van der Waals surface area contributed by atoms with Gasteiger partial charge >= 0.3 is 0 Å². The monoisotopic (exact) mass is 500 g/mol. The third-order valence-electron chi connectivity index (χ3n) is 7.57. The Labute approximate surface area is 208 Å². The van der Waals surface area contributed by atoms with Gasteiger partial charge in [-0.15, -0.1) is 0 Å². The summed E-state index contributed by atoms with van der Waals surface area (Å²) in [6, 6.07) is 5.44. The molecule has 2 N–H and O–H groups in total. The maximum atomic E-state index is 13.0. The number of anilines is 1. The van der Waals surface area contributed by atoms with Crippen molar-refractivity contribution in [3.63, 3.8) is 0 Å². The Morgan fingerprint density at radius 2 is 1.91 bits per heavy atom. The number of sulfonamides is 1. The van der Waals surface area contributed by atoms with E-state index in [2.05, 4.69) is 17.6 Å². The summed E-state index contributed by atoms with van der Waals surface area (Å²) in [7, 11) is -3.64. The van der Waals surface area contributed by atoms with Crippen molar-refractivity contribution in [3.05, 3.63) is 34.7 Å². The highest BCUT2D eigenvalue weighted by Gasteiger charge is 2.48. The molecule has 1 saturated carbocycles. The molecule has 2 heterocycles. The number of amides is 2. The predicted octanol–water partition coefficient (Wildman–Crippen LogP) is 3.70. The molecule has 0 atom stereocenters. The molecular weight excluding hydrogens is 464 g/mol. The number of nitrogens with one attached hydrogen (secondary N) is 2. The van der Waals surface area contributed by atoms with Crippen LogP contribution in [0.1, 0.15) is 70.4 Å². The van der Waals surface area contributed by atoms with Crippen molar-refractivity contribution < 1.29 is 18.0 Å². The first kappa shape index (κ1) is 25.6. The second-order valence-electron chi connectivity index (χ2n) is 10.1. The standard InChI is InChI=1S/C26H36N4O4S/c1-4-20-17-23(27-19(3)31)10-9-21(20)11-16-35(33,34)30-14-12-26(13-15-30)25(32)28-24(29-26)22-7-5-18(2)6-8-22/h9-11,16-18,22H,4-8,12-15H2,1-3H3,(H,27,31)(H,28,29,32). The van der Waals surface area contributed by atoms with E-state index < -0.39 is 15.6 Å². The van der Waals surface area contributed by atoms with Gasteiger partial charge in [-0.25, -0.2) is 8.42 Å². The van der Waals surface area contributed by atoms with Crippen molar-refractivity contribution in [2.24, 2.45) is 16.8 Å². The average molecular weight is 501 g/mol. The summed E-state index contributed by atoms with van der Waals surface area (Å²) in [6.07, 6.45) is 7.50. The molecule has 8 nitrogen and oxygen atoms in total. The van der Waals surface area contributed by atoms with Gasteiger partial charge in [0.2, 0.25) is 15.9 Å². The minimum absolute atomic E-state index is 0.0782. The second-order valence-corrected chi connectivity index (χ2v) is 12.0. The summed E-state index contributed by atoms with van der Waals surface area (Å²) < 4.78 is 27.5. The van der Waals surface area contributed by atoms with E-state index in [0.717, 1.165) is 48.6 Å². The van der Waals surface area contributed by atoms with Crippen LogP contribution in [0.25, 0.3) is 6.08 Å². The first-order valence-corrected chi connectivity index (χ1v) is 14.1. The summed E-state index contributed by atoms with van der Waals surface area (Å²) in [5, 5.41) is 7.02. The van der Waals surface area contributed by atoms with Gasteiger partial charge in [0.25, 0.3) is 5.91 Å². The van der Waals surface area contributed by atoms with Crippen molar-refractivity contribution in [2.45, 2.75) is 71.3 Å². The number of rotatable bonds is 6. The van der Waals surface area contributed by atoms with E-state index in [1.165, 1.54) is 16.6 Å². The molecule has 0 unspecified atom stereocenters. The Bertz CT molecular complexity index is 1140. The van der Waals surface area contributed by atoms with Crippen LogP contribution in [0.2, 0.25) is 0 Å². The largest absolute Gasteiger partial charge is 0.326 e. The zero-order valence-electron chi connectivity index (χ0n) is 20.8. The van der Waals surface area contributed by atoms with Crippen LogP contribution in [0.4, 0.5) is 5.69 Å². The molecule has 1 saturated heterocycles. The minimum atomic E-state index is -3.64. The SMILES string of the molecule is CCc1cc(NC(C)=O)ccc1C=CS(=O)(=O)N1CCC2(CC1)N=C(C1CCC(C)CC1)NC2=O. The lowest BCUT2D eigenvalue weighted by molar-refractivity contribution is -0.125. The van der Waals surface area contributed by atoms with Crippen LogP contribution in [-0.4, -0.2) is 49.0 Å². The van der Waals surface area contributed by atoms with Gasteiger partial charge < -0.3 is 10.6 Å². The number of nitrogens with zero attached hydrogens (tertiary/aromatic N) is 2. The highest BCUT2D eigenvalue weighted by atomic mass is 32.2. The molecule has 1 aliphatic carbocycles. The Balaban J connectivity index is 1.42. The van der Waals surface area contributed by atoms with Gasteiger partial charge in [-0.05, 0) is 67.4 Å². The third-order valence-corrected chi connectivity index (χ3v) is 9.14. The number of aryl methyl sites for hydroxylation is 1. The zero-order valence-corrected chi connectivity index (χ0v) is 21.7. The lowest BCUT2D eigenvalue weighted by Gasteiger charge is -2.34. The molecule has 190 valence electrons. The Morgan fingerprint density at radius 3 is 2.54 bits per heavy atom. The van der Waals surface area contributed by atoms with Crippen LogP contribution in [0.3, 0.4) is 0 Å². The molecule has 4 rings (SSSR count). The molecule has 2 amide bonds. The smallest absolute Gasteiger partial charge is 0.253 e. The lowest BCUT2D eigenvalue weighted by Crippen LogP contribution is -2.50. The van der Waals surface area contributed by atoms with Crippen LogP contribution < -0.4 is 10.6 Å². The van der Waals surface area contributed by atoms with Crippen molar-refractivity contribution in [3.8, 4) is 0 Å². The molecule has 0 aromatic heterocycles. The third kappa shape index (κ3) is 5.67. The lowest BCUT2D eigenvalue weighted by atomic mass is 9.82. The van der Waals surface area contributed by atoms with Crippen LogP contribution in [0.5, 0.6) is 0 Å². The van der Waals surface area contributed by atoms with Crippen molar-refractivity contribution in [1.82, 2.24) is 9.62 Å². The molecule has 1 spiro atoms. The fourth-order valence-corrected chi connectivity index (χ4v) is 6.50. The number of benzene rings is 1. The maximum absolute atomic E-state index is 13.0. The summed E-state index contributed by atoms with van der Waals surface area (Å²) >= 11 is 0. The van der Waals surface area contributed by atoms with Gasteiger partial charge in [-0.1, -0.05) is 32.8 Å². The number of hydrogen-bond donors (Lipinski definition) is 2. The molecule has 1 aromatic rings. The summed E-state index contributed by atoms with van der Waals surface area (Å²) in [5.41, 5.74) is 1.60. The topological polar surface area (TPSA) is 108 Å². The Kier molecular flexibility index (Phi) is 7.47. The molecule has 35 heavy (non-hydrogen) atoms. The van der Waals surface area contributed by atoms with Gasteiger partial charge in [0.05, 0.1) is 0 Å². The molecule has 2 fully saturated rings. The fraction of sp³-hybridized carbons (Fsp3) is 0.577. The molecule has 2 aliphatic heterocycles. The molecule has 1 aromatic carbocycles. The number of piperidine rings is 1. The maximum Gasteiger partial charge on any atom is 0.253 e. The van der Waals surface area contributed by atoms with Crippen LogP contribution in [0.15, 0.2) is 28.6 Å². The Morgan fingerprint density at radius 1 is 1.23 bits per heavy atom. The van der Waals surface area contributed by atoms with Gasteiger partial charge in [-0.2, -0.15) is 4.31 Å². The van der Waals surface area contributed by atoms with Gasteiger partial charge in [-0.3, -0.25) is 14.6 Å². The Hall–Kier alpha value is -2.52. The highest BCUT2D eigenvalue weighted by molar-refractivity contribution is 7.92. The van der Waals surface area contributed by atoms with E-state index in [9.17, 15) is 18.0 Å². The highest BCUT2D eigenvalue weighted by Crippen LogP contribution is 2.36. The predicted molar refractivity (Wildman–Crippen MR) is 138 cm³/mol. The summed E-state index contributed by atoms with van der Waals surface area (Å²) in [6.45, 7) is 6.23. The number of carbonyl (C=O) groups excluding carboxylic acids is 2. The first-order chi connectivity index (χ1) is 16.6. The van der Waals surface area contributed by atoms with Gasteiger partial charge in [0.15, 0.2) is 0 Å². The van der Waals surface area contributed by atoms with Crippen molar-refractivity contribution >= 4 is 39.4 Å². The van der Waals surface area contributed by atoms with Crippen LogP contribution in [-0.2, 0) is 26.0 Å². The molecule has 3 aliphatic rings. The van der Waals surface area contributed by atoms with E-state index in [1.807, 2.05) is 19.1 Å². The van der Waals surface area contributed by atoms with E-state index in [0.29, 0.717) is 30.9 Å². The number of carbonyl (C=O) groups is 2. The zero-order chi connectivity index (χ0) is 25.2. The normalized spacial score (nSPS) is 25.0. The average Bonchev–Trinajstić information content (AvgIpc) is 3.13. The van der Waals surface area contributed by atoms with E-state index in [-0.39, 0.29) is 24.9 Å². The van der Waals surface area contributed by atoms with Crippen LogP contribution in [0, 0.1) is 11.8 Å². The van der Waals surface area contributed by atoms with Gasteiger partial charge in [0, 0.05) is 37.0 Å². The van der Waals surface area contributed by atoms with E-state index in [4.69, 9.17) is 4.99 Å². The quantitative estimate of drug-likeness (QED) is 0.621.